The van der Waals surface area contributed by atoms with E-state index < -0.39 is 4.92 Å². The minimum atomic E-state index is -0.510. The second-order valence-electron chi connectivity index (χ2n) is 5.37. The maximum atomic E-state index is 11.1. The predicted molar refractivity (Wildman–Crippen MR) is 92.5 cm³/mol. The van der Waals surface area contributed by atoms with E-state index in [4.69, 9.17) is 4.74 Å². The molecule has 0 saturated heterocycles. The Morgan fingerprint density at radius 2 is 1.84 bits per heavy atom. The second-order valence-corrected chi connectivity index (χ2v) is 5.37. The Kier molecular flexibility index (Phi) is 4.30. The Hall–Kier alpha value is -3.48. The van der Waals surface area contributed by atoms with Gasteiger partial charge in [-0.15, -0.1) is 0 Å². The number of nitrogens with zero attached hydrogens (tertiary/aromatic N) is 3. The van der Waals surface area contributed by atoms with Crippen LogP contribution in [0.3, 0.4) is 0 Å². The molecule has 25 heavy (non-hydrogen) atoms. The summed E-state index contributed by atoms with van der Waals surface area (Å²) in [5, 5.41) is 21.3. The summed E-state index contributed by atoms with van der Waals surface area (Å²) in [6.07, 6.45) is 1.64. The van der Waals surface area contributed by atoms with Crippen LogP contribution in [-0.4, -0.2) is 27.1 Å². The number of benzene rings is 2. The third-order valence-electron chi connectivity index (χ3n) is 3.76. The van der Waals surface area contributed by atoms with Gasteiger partial charge in [0, 0.05) is 29.5 Å². The molecule has 126 valence electrons. The molecule has 3 rings (SSSR count). The van der Waals surface area contributed by atoms with Crippen molar-refractivity contribution >= 4 is 5.69 Å². The van der Waals surface area contributed by atoms with Crippen LogP contribution in [0.2, 0.25) is 0 Å². The van der Waals surface area contributed by atoms with Crippen LogP contribution in [0.15, 0.2) is 48.7 Å². The van der Waals surface area contributed by atoms with E-state index >= 15 is 0 Å². The van der Waals surface area contributed by atoms with Gasteiger partial charge in [0.05, 0.1) is 17.7 Å². The van der Waals surface area contributed by atoms with E-state index in [0.29, 0.717) is 22.8 Å². The van der Waals surface area contributed by atoms with Crippen molar-refractivity contribution in [3.8, 4) is 33.9 Å². The molecule has 0 atom stereocenters. The molecule has 7 nitrogen and oxygen atoms in total. The van der Waals surface area contributed by atoms with Gasteiger partial charge in [0.2, 0.25) is 0 Å². The Balaban J connectivity index is 2.21. The van der Waals surface area contributed by atoms with Crippen LogP contribution in [0.4, 0.5) is 5.69 Å². The highest BCUT2D eigenvalue weighted by atomic mass is 16.6. The van der Waals surface area contributed by atoms with E-state index in [-0.39, 0.29) is 17.0 Å². The first-order chi connectivity index (χ1) is 12.0. The molecule has 1 heterocycles. The minimum absolute atomic E-state index is 0.0848. The third-order valence-corrected chi connectivity index (χ3v) is 3.76. The van der Waals surface area contributed by atoms with E-state index in [9.17, 15) is 15.2 Å². The largest absolute Gasteiger partial charge is 0.507 e. The molecule has 0 aliphatic carbocycles. The summed E-state index contributed by atoms with van der Waals surface area (Å²) in [5.74, 6) is 1.12. The van der Waals surface area contributed by atoms with Crippen LogP contribution >= 0.6 is 0 Å². The van der Waals surface area contributed by atoms with Gasteiger partial charge in [-0.3, -0.25) is 10.1 Å². The van der Waals surface area contributed by atoms with Gasteiger partial charge in [-0.1, -0.05) is 12.1 Å². The Morgan fingerprint density at radius 3 is 2.48 bits per heavy atom. The lowest BCUT2D eigenvalue weighted by Crippen LogP contribution is -1.97. The van der Waals surface area contributed by atoms with Crippen molar-refractivity contribution in [3.05, 3.63) is 64.6 Å². The summed E-state index contributed by atoms with van der Waals surface area (Å²) in [5.41, 5.74) is 2.06. The molecule has 0 saturated carbocycles. The fourth-order valence-electron chi connectivity index (χ4n) is 2.48. The number of aromatic nitrogens is 2. The first-order valence-corrected chi connectivity index (χ1v) is 7.45. The van der Waals surface area contributed by atoms with Crippen LogP contribution in [0.5, 0.6) is 11.5 Å². The van der Waals surface area contributed by atoms with E-state index in [1.54, 1.807) is 32.4 Å². The molecule has 0 amide bonds. The zero-order valence-electron chi connectivity index (χ0n) is 13.6. The Morgan fingerprint density at radius 1 is 1.12 bits per heavy atom. The van der Waals surface area contributed by atoms with Gasteiger partial charge in [-0.25, -0.2) is 9.97 Å². The summed E-state index contributed by atoms with van der Waals surface area (Å²) in [6, 6.07) is 11.1. The van der Waals surface area contributed by atoms with E-state index in [1.807, 2.05) is 12.1 Å². The normalized spacial score (nSPS) is 10.5. The number of hydrogen-bond donors (Lipinski definition) is 1. The lowest BCUT2D eigenvalue weighted by atomic mass is 9.99. The number of methoxy groups -OCH3 is 1. The van der Waals surface area contributed by atoms with Gasteiger partial charge < -0.3 is 9.84 Å². The van der Waals surface area contributed by atoms with Crippen molar-refractivity contribution in [2.45, 2.75) is 6.92 Å². The summed E-state index contributed by atoms with van der Waals surface area (Å²) < 4.78 is 5.15. The predicted octanol–water partition coefficient (Wildman–Crippen LogP) is 3.74. The lowest BCUT2D eigenvalue weighted by Gasteiger charge is -2.11. The number of nitro groups is 1. The summed E-state index contributed by atoms with van der Waals surface area (Å²) in [6.45, 7) is 1.72. The molecule has 3 aromatic rings. The molecule has 0 spiro atoms. The van der Waals surface area contributed by atoms with Crippen molar-refractivity contribution in [1.82, 2.24) is 9.97 Å². The van der Waals surface area contributed by atoms with Gasteiger partial charge in [0.25, 0.3) is 5.69 Å². The zero-order chi connectivity index (χ0) is 18.0. The van der Waals surface area contributed by atoms with E-state index in [2.05, 4.69) is 9.97 Å². The first-order valence-electron chi connectivity index (χ1n) is 7.45. The Labute approximate surface area is 143 Å². The maximum absolute atomic E-state index is 11.1. The average Bonchev–Trinajstić information content (AvgIpc) is 2.62. The number of non-ortho nitro benzene ring substituents is 1. The molecule has 0 bridgehead atoms. The molecule has 7 heteroatoms. The highest BCUT2D eigenvalue weighted by Crippen LogP contribution is 2.37. The SMILES string of the molecule is COc1ccc(-c2cnc(C)nc2-c2cc([N+](=O)[O-])ccc2O)cc1. The summed E-state index contributed by atoms with van der Waals surface area (Å²) in [7, 11) is 1.58. The fraction of sp³-hybridized carbons (Fsp3) is 0.111. The van der Waals surface area contributed by atoms with Gasteiger partial charge in [0.15, 0.2) is 0 Å². The number of nitro benzene ring substituents is 1. The van der Waals surface area contributed by atoms with Gasteiger partial charge in [-0.2, -0.15) is 0 Å². The third kappa shape index (κ3) is 3.25. The molecule has 2 aromatic carbocycles. The number of aromatic hydroxyl groups is 1. The fourth-order valence-corrected chi connectivity index (χ4v) is 2.48. The van der Waals surface area contributed by atoms with Crippen molar-refractivity contribution in [2.24, 2.45) is 0 Å². The second kappa shape index (κ2) is 6.56. The average molecular weight is 337 g/mol. The van der Waals surface area contributed by atoms with Crippen LogP contribution in [0.25, 0.3) is 22.4 Å². The monoisotopic (exact) mass is 337 g/mol. The molecule has 0 radical (unpaired) electrons. The number of phenols is 1. The van der Waals surface area contributed by atoms with Crippen LogP contribution in [0, 0.1) is 17.0 Å². The molecule has 0 aliphatic rings. The van der Waals surface area contributed by atoms with Crippen molar-refractivity contribution in [2.75, 3.05) is 7.11 Å². The number of aryl methyl sites for hydroxylation is 1. The topological polar surface area (TPSA) is 98.4 Å². The zero-order valence-corrected chi connectivity index (χ0v) is 13.6. The van der Waals surface area contributed by atoms with Gasteiger partial charge in [-0.05, 0) is 30.7 Å². The van der Waals surface area contributed by atoms with Gasteiger partial charge >= 0.3 is 0 Å². The minimum Gasteiger partial charge on any atom is -0.507 e. The van der Waals surface area contributed by atoms with Crippen LogP contribution < -0.4 is 4.74 Å². The van der Waals surface area contributed by atoms with Crippen molar-refractivity contribution in [1.29, 1.82) is 0 Å². The first kappa shape index (κ1) is 16.4. The lowest BCUT2D eigenvalue weighted by molar-refractivity contribution is -0.384. The maximum Gasteiger partial charge on any atom is 0.270 e. The standard InChI is InChI=1S/C18H15N3O4/c1-11-19-10-16(12-3-6-14(25-2)7-4-12)18(20-11)15-9-13(21(23)24)5-8-17(15)22/h3-10,22H,1-2H3. The van der Waals surface area contributed by atoms with E-state index in [1.165, 1.54) is 18.2 Å². The molecule has 0 unspecified atom stereocenters. The smallest absolute Gasteiger partial charge is 0.270 e. The highest BCUT2D eigenvalue weighted by Gasteiger charge is 2.17. The van der Waals surface area contributed by atoms with Crippen LogP contribution in [-0.2, 0) is 0 Å². The highest BCUT2D eigenvalue weighted by molar-refractivity contribution is 5.83. The molecular formula is C18H15N3O4. The summed E-state index contributed by atoms with van der Waals surface area (Å²) in [4.78, 5) is 19.2. The Bertz CT molecular complexity index is 940. The number of hydrogen-bond acceptors (Lipinski definition) is 6. The molecule has 0 aliphatic heterocycles. The quantitative estimate of drug-likeness (QED) is 0.575. The number of ether oxygens (including phenoxy) is 1. The summed E-state index contributed by atoms with van der Waals surface area (Å²) >= 11 is 0. The number of rotatable bonds is 4. The van der Waals surface area contributed by atoms with Gasteiger partial charge in [0.1, 0.15) is 17.3 Å². The molecular weight excluding hydrogens is 322 g/mol. The molecule has 1 N–H and O–H groups in total. The molecule has 0 fully saturated rings. The van der Waals surface area contributed by atoms with E-state index in [0.717, 1.165) is 5.56 Å². The molecule has 1 aromatic heterocycles. The van der Waals surface area contributed by atoms with Crippen molar-refractivity contribution < 1.29 is 14.8 Å². The van der Waals surface area contributed by atoms with Crippen molar-refractivity contribution in [3.63, 3.8) is 0 Å². The van der Waals surface area contributed by atoms with Crippen LogP contribution in [0.1, 0.15) is 5.82 Å². The number of phenolic OH excluding ortho intramolecular Hbond substituents is 1.